The maximum Gasteiger partial charge on any atom is 0.236 e. The molecule has 0 aliphatic heterocycles. The summed E-state index contributed by atoms with van der Waals surface area (Å²) in [7, 11) is 0. The Morgan fingerprint density at radius 3 is 2.58 bits per heavy atom. The second-order valence-electron chi connectivity index (χ2n) is 8.90. The number of nitrogens with zero attached hydrogens (tertiary/aromatic N) is 4. The highest BCUT2D eigenvalue weighted by atomic mass is 32.2. The van der Waals surface area contributed by atoms with Gasteiger partial charge >= 0.3 is 0 Å². The molecular formula is C24H26N6O2S. The van der Waals surface area contributed by atoms with Crippen LogP contribution < -0.4 is 14.8 Å². The molecule has 0 atom stereocenters. The number of aromatic nitrogens is 4. The van der Waals surface area contributed by atoms with Crippen molar-refractivity contribution in [2.75, 3.05) is 10.0 Å². The van der Waals surface area contributed by atoms with Crippen LogP contribution in [-0.2, 0) is 10.2 Å². The van der Waals surface area contributed by atoms with E-state index in [2.05, 4.69) is 30.0 Å². The lowest BCUT2D eigenvalue weighted by atomic mass is 9.88. The zero-order valence-corrected chi connectivity index (χ0v) is 19.4. The summed E-state index contributed by atoms with van der Waals surface area (Å²) in [5.74, 6) is 0.932. The zero-order valence-electron chi connectivity index (χ0n) is 18.6. The summed E-state index contributed by atoms with van der Waals surface area (Å²) >= 11 is 1.64. The van der Waals surface area contributed by atoms with Crippen molar-refractivity contribution < 1.29 is 9.53 Å². The average Bonchev–Trinajstić information content (AvgIpc) is 3.75. The fourth-order valence-electron chi connectivity index (χ4n) is 3.11. The van der Waals surface area contributed by atoms with Crippen molar-refractivity contribution in [1.29, 1.82) is 0 Å². The number of hydrogen-bond donors (Lipinski definition) is 2. The molecule has 170 valence electrons. The largest absolute Gasteiger partial charge is 0.473 e. The maximum absolute atomic E-state index is 13.1. The number of nitrogens with one attached hydrogen (secondary N) is 2. The minimum absolute atomic E-state index is 0.144. The second kappa shape index (κ2) is 8.97. The third-order valence-electron chi connectivity index (χ3n) is 5.57. The molecule has 8 nitrogen and oxygen atoms in total. The molecule has 0 radical (unpaired) electrons. The maximum atomic E-state index is 13.1. The fraction of sp³-hybridized carbons (Fsp3) is 0.375. The van der Waals surface area contributed by atoms with Crippen LogP contribution in [0.4, 0.5) is 11.6 Å². The van der Waals surface area contributed by atoms with Crippen molar-refractivity contribution in [2.24, 2.45) is 0 Å². The molecular weight excluding hydrogens is 436 g/mol. The van der Waals surface area contributed by atoms with Crippen LogP contribution in [0.5, 0.6) is 5.88 Å². The summed E-state index contributed by atoms with van der Waals surface area (Å²) in [6.45, 7) is 3.72. The topological polar surface area (TPSA) is 102 Å². The molecule has 0 spiro atoms. The van der Waals surface area contributed by atoms with E-state index in [1.54, 1.807) is 36.6 Å². The van der Waals surface area contributed by atoms with Crippen LogP contribution >= 0.6 is 11.9 Å². The minimum atomic E-state index is -0.831. The van der Waals surface area contributed by atoms with Crippen LogP contribution in [0.25, 0.3) is 11.3 Å². The second-order valence-corrected chi connectivity index (χ2v) is 10.0. The van der Waals surface area contributed by atoms with E-state index in [9.17, 15) is 4.79 Å². The Labute approximate surface area is 197 Å². The first-order valence-electron chi connectivity index (χ1n) is 11.1. The molecule has 2 heterocycles. The summed E-state index contributed by atoms with van der Waals surface area (Å²) in [5.41, 5.74) is 2.17. The normalized spacial score (nSPS) is 15.7. The van der Waals surface area contributed by atoms with Gasteiger partial charge in [0.2, 0.25) is 17.7 Å². The number of carbonyl (C=O) groups excluding carboxylic acids is 1. The van der Waals surface area contributed by atoms with Gasteiger partial charge in [0.05, 0.1) is 29.2 Å². The van der Waals surface area contributed by atoms with Gasteiger partial charge in [0, 0.05) is 22.7 Å². The molecule has 3 aromatic rings. The van der Waals surface area contributed by atoms with E-state index in [1.165, 1.54) is 12.8 Å². The number of carbonyl (C=O) groups is 1. The van der Waals surface area contributed by atoms with Gasteiger partial charge in [0.15, 0.2) is 0 Å². The SMILES string of the molecule is CC(C)(C(=O)Nc1ccc(-c2cncc(OC3CC3)n2)cc1)c1ccnc(NSC2CC2)n1. The van der Waals surface area contributed by atoms with E-state index in [4.69, 9.17) is 4.74 Å². The predicted octanol–water partition coefficient (Wildman–Crippen LogP) is 4.61. The van der Waals surface area contributed by atoms with Crippen molar-refractivity contribution in [1.82, 2.24) is 19.9 Å². The van der Waals surface area contributed by atoms with Crippen LogP contribution in [0.1, 0.15) is 45.2 Å². The molecule has 2 aliphatic carbocycles. The smallest absolute Gasteiger partial charge is 0.236 e. The number of hydrogen-bond acceptors (Lipinski definition) is 8. The highest BCUT2D eigenvalue weighted by Crippen LogP contribution is 2.34. The molecule has 1 amide bonds. The number of rotatable bonds is 9. The Kier molecular flexibility index (Phi) is 5.88. The Morgan fingerprint density at radius 1 is 1.06 bits per heavy atom. The van der Waals surface area contributed by atoms with Gasteiger partial charge in [0.25, 0.3) is 0 Å². The van der Waals surface area contributed by atoms with Crippen LogP contribution in [-0.4, -0.2) is 37.2 Å². The third-order valence-corrected chi connectivity index (χ3v) is 6.67. The van der Waals surface area contributed by atoms with Crippen molar-refractivity contribution in [3.05, 3.63) is 54.6 Å². The molecule has 2 fully saturated rings. The molecule has 33 heavy (non-hydrogen) atoms. The first kappa shape index (κ1) is 21.6. The van der Waals surface area contributed by atoms with Crippen molar-refractivity contribution in [2.45, 2.75) is 56.3 Å². The monoisotopic (exact) mass is 462 g/mol. The molecule has 1 aromatic carbocycles. The molecule has 2 aromatic heterocycles. The van der Waals surface area contributed by atoms with Crippen molar-refractivity contribution in [3.8, 4) is 17.1 Å². The standard InChI is InChI=1S/C24H26N6O2S/c1-24(2,20-11-12-26-23(29-20)30-33-18-9-10-18)22(31)27-16-5-3-15(4-6-16)19-13-25-14-21(28-19)32-17-7-8-17/h3-6,11-14,17-18H,7-10H2,1-2H3,(H,27,31)(H,26,29,30). The average molecular weight is 463 g/mol. The zero-order chi connectivity index (χ0) is 22.8. The number of ether oxygens (including phenoxy) is 1. The van der Waals surface area contributed by atoms with E-state index >= 15 is 0 Å². The number of benzene rings is 1. The highest BCUT2D eigenvalue weighted by molar-refractivity contribution is 8.01. The van der Waals surface area contributed by atoms with E-state index in [0.717, 1.165) is 24.1 Å². The first-order valence-corrected chi connectivity index (χ1v) is 12.0. The van der Waals surface area contributed by atoms with Gasteiger partial charge in [0.1, 0.15) is 6.10 Å². The van der Waals surface area contributed by atoms with E-state index in [-0.39, 0.29) is 12.0 Å². The van der Waals surface area contributed by atoms with Crippen LogP contribution in [0.3, 0.4) is 0 Å². The van der Waals surface area contributed by atoms with E-state index in [0.29, 0.717) is 28.5 Å². The lowest BCUT2D eigenvalue weighted by molar-refractivity contribution is -0.120. The summed E-state index contributed by atoms with van der Waals surface area (Å²) in [4.78, 5) is 30.7. The molecule has 0 unspecified atom stereocenters. The Bertz CT molecular complexity index is 1150. The highest BCUT2D eigenvalue weighted by Gasteiger charge is 2.32. The Balaban J connectivity index is 1.25. The van der Waals surface area contributed by atoms with Crippen molar-refractivity contribution >= 4 is 29.5 Å². The van der Waals surface area contributed by atoms with Gasteiger partial charge in [-0.25, -0.2) is 15.0 Å². The lowest BCUT2D eigenvalue weighted by Crippen LogP contribution is -2.35. The van der Waals surface area contributed by atoms with Crippen LogP contribution in [0, 0.1) is 0 Å². The predicted molar refractivity (Wildman–Crippen MR) is 129 cm³/mol. The summed E-state index contributed by atoms with van der Waals surface area (Å²) in [6.07, 6.45) is 9.88. The van der Waals surface area contributed by atoms with Crippen LogP contribution in [0.15, 0.2) is 48.9 Å². The van der Waals surface area contributed by atoms with E-state index < -0.39 is 5.41 Å². The van der Waals surface area contributed by atoms with Crippen molar-refractivity contribution in [3.63, 3.8) is 0 Å². The summed E-state index contributed by atoms with van der Waals surface area (Å²) in [6, 6.07) is 9.33. The fourth-order valence-corrected chi connectivity index (χ4v) is 3.85. The van der Waals surface area contributed by atoms with Gasteiger partial charge in [-0.3, -0.25) is 14.5 Å². The third kappa shape index (κ3) is 5.42. The number of amides is 1. The van der Waals surface area contributed by atoms with Gasteiger partial charge < -0.3 is 10.1 Å². The Morgan fingerprint density at radius 2 is 1.85 bits per heavy atom. The Hall–Kier alpha value is -3.20. The molecule has 2 aliphatic rings. The number of anilines is 2. The van der Waals surface area contributed by atoms with Gasteiger partial charge in [-0.2, -0.15) is 0 Å². The lowest BCUT2D eigenvalue weighted by Gasteiger charge is -2.23. The summed E-state index contributed by atoms with van der Waals surface area (Å²) in [5, 5.41) is 3.63. The van der Waals surface area contributed by atoms with E-state index in [1.807, 2.05) is 38.1 Å². The van der Waals surface area contributed by atoms with Gasteiger partial charge in [-0.05, 0) is 69.7 Å². The molecule has 0 saturated heterocycles. The minimum Gasteiger partial charge on any atom is -0.473 e. The molecule has 5 rings (SSSR count). The van der Waals surface area contributed by atoms with Gasteiger partial charge in [-0.1, -0.05) is 12.1 Å². The molecule has 2 saturated carbocycles. The molecule has 9 heteroatoms. The van der Waals surface area contributed by atoms with Crippen LogP contribution in [0.2, 0.25) is 0 Å². The molecule has 2 N–H and O–H groups in total. The molecule has 0 bridgehead atoms. The van der Waals surface area contributed by atoms with Gasteiger partial charge in [-0.15, -0.1) is 0 Å². The first-order chi connectivity index (χ1) is 16.0. The summed E-state index contributed by atoms with van der Waals surface area (Å²) < 4.78 is 8.92. The quantitative estimate of drug-likeness (QED) is 0.445.